The molecular formula is C14H28N2. The predicted molar refractivity (Wildman–Crippen MR) is 69.7 cm³/mol. The van der Waals surface area contributed by atoms with Crippen molar-refractivity contribution < 1.29 is 0 Å². The molecule has 1 heterocycles. The molecule has 1 saturated carbocycles. The second kappa shape index (κ2) is 6.61. The highest BCUT2D eigenvalue weighted by molar-refractivity contribution is 4.88. The van der Waals surface area contributed by atoms with Crippen LogP contribution >= 0.6 is 0 Å². The zero-order valence-electron chi connectivity index (χ0n) is 10.9. The molecule has 0 aromatic carbocycles. The summed E-state index contributed by atoms with van der Waals surface area (Å²) in [5, 5.41) is 3.76. The van der Waals surface area contributed by atoms with Gasteiger partial charge in [0.15, 0.2) is 0 Å². The molecule has 94 valence electrons. The van der Waals surface area contributed by atoms with Gasteiger partial charge in [0.25, 0.3) is 0 Å². The fraction of sp³-hybridized carbons (Fsp3) is 1.00. The van der Waals surface area contributed by atoms with Crippen LogP contribution in [-0.4, -0.2) is 37.1 Å². The molecule has 2 aliphatic rings. The SMILES string of the molecule is CCCNC(CN1CCCCCC1)C1CC1. The minimum atomic E-state index is 0.790. The molecule has 0 bridgehead atoms. The van der Waals surface area contributed by atoms with Crippen molar-refractivity contribution in [2.45, 2.75) is 57.9 Å². The third-order valence-electron chi connectivity index (χ3n) is 4.00. The average Bonchev–Trinajstić information content (AvgIpc) is 3.10. The van der Waals surface area contributed by atoms with E-state index in [0.29, 0.717) is 0 Å². The van der Waals surface area contributed by atoms with Gasteiger partial charge in [-0.15, -0.1) is 0 Å². The van der Waals surface area contributed by atoms with Crippen LogP contribution in [0.15, 0.2) is 0 Å². The van der Waals surface area contributed by atoms with E-state index in [1.807, 2.05) is 0 Å². The van der Waals surface area contributed by atoms with Crippen molar-refractivity contribution in [3.05, 3.63) is 0 Å². The van der Waals surface area contributed by atoms with E-state index in [9.17, 15) is 0 Å². The number of hydrogen-bond acceptors (Lipinski definition) is 2. The number of nitrogens with zero attached hydrogens (tertiary/aromatic N) is 1. The highest BCUT2D eigenvalue weighted by Gasteiger charge is 2.31. The Kier molecular flexibility index (Phi) is 5.11. The smallest absolute Gasteiger partial charge is 0.0223 e. The van der Waals surface area contributed by atoms with Crippen molar-refractivity contribution >= 4 is 0 Å². The van der Waals surface area contributed by atoms with E-state index < -0.39 is 0 Å². The predicted octanol–water partition coefficient (Wildman–Crippen LogP) is 2.64. The zero-order valence-corrected chi connectivity index (χ0v) is 10.9. The molecule has 1 unspecified atom stereocenters. The van der Waals surface area contributed by atoms with Crippen molar-refractivity contribution in [2.24, 2.45) is 5.92 Å². The first-order valence-electron chi connectivity index (χ1n) is 7.36. The molecule has 1 aliphatic heterocycles. The van der Waals surface area contributed by atoms with E-state index in [-0.39, 0.29) is 0 Å². The van der Waals surface area contributed by atoms with Gasteiger partial charge >= 0.3 is 0 Å². The molecule has 0 spiro atoms. The zero-order chi connectivity index (χ0) is 11.2. The number of hydrogen-bond donors (Lipinski definition) is 1. The normalized spacial score (nSPS) is 25.3. The van der Waals surface area contributed by atoms with Gasteiger partial charge in [-0.3, -0.25) is 0 Å². The molecule has 0 aromatic heterocycles. The van der Waals surface area contributed by atoms with E-state index in [4.69, 9.17) is 0 Å². The maximum absolute atomic E-state index is 3.76. The summed E-state index contributed by atoms with van der Waals surface area (Å²) in [5.74, 6) is 0.995. The van der Waals surface area contributed by atoms with E-state index >= 15 is 0 Å². The second-order valence-corrected chi connectivity index (χ2v) is 5.61. The highest BCUT2D eigenvalue weighted by atomic mass is 15.2. The van der Waals surface area contributed by atoms with Gasteiger partial charge in [0.1, 0.15) is 0 Å². The molecule has 0 amide bonds. The fourth-order valence-electron chi connectivity index (χ4n) is 2.81. The highest BCUT2D eigenvalue weighted by Crippen LogP contribution is 2.33. The standard InChI is InChI=1S/C14H28N2/c1-2-9-15-14(13-7-8-13)12-16-10-5-3-4-6-11-16/h13-15H,2-12H2,1H3. The van der Waals surface area contributed by atoms with Crippen LogP contribution in [0.5, 0.6) is 0 Å². The van der Waals surface area contributed by atoms with Crippen LogP contribution in [0.4, 0.5) is 0 Å². The first-order chi connectivity index (χ1) is 7.90. The fourth-order valence-corrected chi connectivity index (χ4v) is 2.81. The first-order valence-corrected chi connectivity index (χ1v) is 7.36. The summed E-state index contributed by atoms with van der Waals surface area (Å²) in [6.45, 7) is 7.47. The van der Waals surface area contributed by atoms with Crippen LogP contribution in [0.25, 0.3) is 0 Å². The minimum absolute atomic E-state index is 0.790. The molecule has 2 heteroatoms. The summed E-state index contributed by atoms with van der Waals surface area (Å²) in [6, 6.07) is 0.790. The Morgan fingerprint density at radius 2 is 1.81 bits per heavy atom. The quantitative estimate of drug-likeness (QED) is 0.746. The summed E-state index contributed by atoms with van der Waals surface area (Å²) >= 11 is 0. The van der Waals surface area contributed by atoms with Gasteiger partial charge in [-0.2, -0.15) is 0 Å². The van der Waals surface area contributed by atoms with Crippen LogP contribution in [0.3, 0.4) is 0 Å². The summed E-state index contributed by atoms with van der Waals surface area (Å²) < 4.78 is 0. The van der Waals surface area contributed by atoms with E-state index in [1.54, 1.807) is 0 Å². The van der Waals surface area contributed by atoms with Crippen LogP contribution in [0.1, 0.15) is 51.9 Å². The van der Waals surface area contributed by atoms with Crippen molar-refractivity contribution in [3.8, 4) is 0 Å². The lowest BCUT2D eigenvalue weighted by Gasteiger charge is -2.27. The van der Waals surface area contributed by atoms with Crippen LogP contribution in [0, 0.1) is 5.92 Å². The maximum atomic E-state index is 3.76. The van der Waals surface area contributed by atoms with Crippen molar-refractivity contribution in [2.75, 3.05) is 26.2 Å². The van der Waals surface area contributed by atoms with Gasteiger partial charge in [0.05, 0.1) is 0 Å². The van der Waals surface area contributed by atoms with E-state index in [1.165, 1.54) is 71.1 Å². The van der Waals surface area contributed by atoms with Crippen molar-refractivity contribution in [1.29, 1.82) is 0 Å². The monoisotopic (exact) mass is 224 g/mol. The van der Waals surface area contributed by atoms with Crippen molar-refractivity contribution in [1.82, 2.24) is 10.2 Å². The minimum Gasteiger partial charge on any atom is -0.312 e. The van der Waals surface area contributed by atoms with E-state index in [0.717, 1.165) is 12.0 Å². The number of rotatable bonds is 6. The van der Waals surface area contributed by atoms with Crippen molar-refractivity contribution in [3.63, 3.8) is 0 Å². The summed E-state index contributed by atoms with van der Waals surface area (Å²) in [6.07, 6.45) is 9.95. The van der Waals surface area contributed by atoms with Gasteiger partial charge in [-0.1, -0.05) is 19.8 Å². The van der Waals surface area contributed by atoms with Gasteiger partial charge in [-0.25, -0.2) is 0 Å². The molecule has 0 radical (unpaired) electrons. The third kappa shape index (κ3) is 4.06. The molecule has 1 saturated heterocycles. The Morgan fingerprint density at radius 1 is 1.12 bits per heavy atom. The molecule has 0 aromatic rings. The topological polar surface area (TPSA) is 15.3 Å². The summed E-state index contributed by atoms with van der Waals surface area (Å²) in [7, 11) is 0. The molecular weight excluding hydrogens is 196 g/mol. The average molecular weight is 224 g/mol. The van der Waals surface area contributed by atoms with Gasteiger partial charge < -0.3 is 10.2 Å². The molecule has 1 N–H and O–H groups in total. The molecule has 16 heavy (non-hydrogen) atoms. The van der Waals surface area contributed by atoms with E-state index in [2.05, 4.69) is 17.1 Å². The Morgan fingerprint density at radius 3 is 2.38 bits per heavy atom. The molecule has 2 rings (SSSR count). The van der Waals surface area contributed by atoms with Gasteiger partial charge in [0.2, 0.25) is 0 Å². The Labute approximate surface area is 101 Å². The second-order valence-electron chi connectivity index (χ2n) is 5.61. The lowest BCUT2D eigenvalue weighted by atomic mass is 10.1. The Balaban J connectivity index is 1.74. The Hall–Kier alpha value is -0.0800. The maximum Gasteiger partial charge on any atom is 0.0223 e. The molecule has 2 nitrogen and oxygen atoms in total. The van der Waals surface area contributed by atoms with Crippen LogP contribution < -0.4 is 5.32 Å². The lowest BCUT2D eigenvalue weighted by molar-refractivity contribution is 0.238. The van der Waals surface area contributed by atoms with Crippen LogP contribution in [-0.2, 0) is 0 Å². The molecule has 1 atom stereocenters. The largest absolute Gasteiger partial charge is 0.312 e. The summed E-state index contributed by atoms with van der Waals surface area (Å²) in [4.78, 5) is 2.71. The summed E-state index contributed by atoms with van der Waals surface area (Å²) in [5.41, 5.74) is 0. The molecule has 1 aliphatic carbocycles. The number of nitrogens with one attached hydrogen (secondary N) is 1. The van der Waals surface area contributed by atoms with Gasteiger partial charge in [0, 0.05) is 12.6 Å². The molecule has 2 fully saturated rings. The third-order valence-corrected chi connectivity index (χ3v) is 4.00. The number of likely N-dealkylation sites (tertiary alicyclic amines) is 1. The van der Waals surface area contributed by atoms with Gasteiger partial charge in [-0.05, 0) is 57.7 Å². The Bertz CT molecular complexity index is 181. The first kappa shape index (κ1) is 12.4. The lowest BCUT2D eigenvalue weighted by Crippen LogP contribution is -2.43. The van der Waals surface area contributed by atoms with Crippen LogP contribution in [0.2, 0.25) is 0 Å².